The Hall–Kier alpha value is -0.600. The number of rotatable bonds is 4. The first-order valence-electron chi connectivity index (χ1n) is 3.03. The summed E-state index contributed by atoms with van der Waals surface area (Å²) in [5.74, 6) is 0. The third kappa shape index (κ3) is 26.2. The Morgan fingerprint density at radius 3 is 1.70 bits per heavy atom. The average Bonchev–Trinajstić information content (AvgIpc) is 1.91. The Morgan fingerprint density at radius 1 is 1.20 bits per heavy atom. The molecule has 2 heteroatoms. The van der Waals surface area contributed by atoms with Gasteiger partial charge in [-0.3, -0.25) is 0 Å². The zero-order valence-electron chi connectivity index (χ0n) is 6.25. The van der Waals surface area contributed by atoms with Crippen LogP contribution >= 0.6 is 0 Å². The summed E-state index contributed by atoms with van der Waals surface area (Å²) in [6.45, 7) is 11.2. The van der Waals surface area contributed by atoms with Gasteiger partial charge in [-0.15, -0.1) is 13.2 Å². The minimum atomic E-state index is 0. The lowest BCUT2D eigenvalue weighted by Gasteiger charge is -1.89. The lowest BCUT2D eigenvalue weighted by atomic mass is 10.6. The molecule has 0 atom stereocenters. The van der Waals surface area contributed by atoms with Gasteiger partial charge in [-0.25, -0.2) is 0 Å². The van der Waals surface area contributed by atoms with Crippen LogP contribution in [0.15, 0.2) is 25.3 Å². The van der Waals surface area contributed by atoms with Crippen molar-refractivity contribution in [3.8, 4) is 0 Å². The fourth-order valence-electron chi connectivity index (χ4n) is 0.235. The van der Waals surface area contributed by atoms with Crippen LogP contribution in [0.4, 0.5) is 0 Å². The van der Waals surface area contributed by atoms with Gasteiger partial charge in [-0.2, -0.15) is 0 Å². The second-order valence-electron chi connectivity index (χ2n) is 1.34. The van der Waals surface area contributed by atoms with Gasteiger partial charge in [0, 0.05) is 6.61 Å². The maximum atomic E-state index is 7.46. The molecule has 1 N–H and O–H groups in total. The molecule has 0 aromatic heterocycles. The lowest BCUT2D eigenvalue weighted by molar-refractivity contribution is 0.194. The third-order valence-corrected chi connectivity index (χ3v) is 0.471. The summed E-state index contributed by atoms with van der Waals surface area (Å²) in [5.41, 5.74) is 0. The molecule has 0 aromatic rings. The van der Waals surface area contributed by atoms with E-state index in [1.54, 1.807) is 12.2 Å². The quantitative estimate of drug-likeness (QED) is 0.473. The van der Waals surface area contributed by atoms with E-state index in [4.69, 9.17) is 9.84 Å². The van der Waals surface area contributed by atoms with Crippen molar-refractivity contribution in [2.75, 3.05) is 19.8 Å². The molecule has 59 valence electrons. The van der Waals surface area contributed by atoms with Crippen LogP contribution in [0.5, 0.6) is 0 Å². The summed E-state index contributed by atoms with van der Waals surface area (Å²) in [6.07, 6.45) is 3.42. The van der Waals surface area contributed by atoms with E-state index in [0.717, 1.165) is 0 Å². The highest BCUT2D eigenvalue weighted by atomic mass is 16.5. The standard InChI is InChI=1S/C6H10O.C2H5O/c1-3-5-7-6-4-2;1-2-3/h3-4H,1-2,5-6H2;3H,1-2H2. The number of ether oxygens (including phenoxy) is 1. The SMILES string of the molecule is C=CCOCC=C.[CH2]CO. The fraction of sp³-hybridized carbons (Fsp3) is 0.375. The molecular formula is C8H15O2. The van der Waals surface area contributed by atoms with Gasteiger partial charge >= 0.3 is 0 Å². The van der Waals surface area contributed by atoms with Crippen LogP contribution < -0.4 is 0 Å². The van der Waals surface area contributed by atoms with Crippen LogP contribution in [0.2, 0.25) is 0 Å². The van der Waals surface area contributed by atoms with Crippen molar-refractivity contribution in [1.82, 2.24) is 0 Å². The molecule has 0 aliphatic carbocycles. The highest BCUT2D eigenvalue weighted by Gasteiger charge is 1.70. The molecule has 0 unspecified atom stereocenters. The average molecular weight is 143 g/mol. The number of hydrogen-bond acceptors (Lipinski definition) is 2. The van der Waals surface area contributed by atoms with E-state index in [1.807, 2.05) is 0 Å². The molecule has 0 aliphatic heterocycles. The summed E-state index contributed by atoms with van der Waals surface area (Å²) in [7, 11) is 0. The molecule has 0 bridgehead atoms. The molecule has 0 spiro atoms. The van der Waals surface area contributed by atoms with E-state index in [9.17, 15) is 0 Å². The molecule has 0 saturated heterocycles. The topological polar surface area (TPSA) is 29.5 Å². The van der Waals surface area contributed by atoms with E-state index >= 15 is 0 Å². The van der Waals surface area contributed by atoms with E-state index in [0.29, 0.717) is 13.2 Å². The molecule has 10 heavy (non-hydrogen) atoms. The molecule has 0 saturated carbocycles. The normalized spacial score (nSPS) is 7.40. The van der Waals surface area contributed by atoms with Crippen molar-refractivity contribution in [3.63, 3.8) is 0 Å². The van der Waals surface area contributed by atoms with E-state index in [1.165, 1.54) is 0 Å². The molecule has 2 nitrogen and oxygen atoms in total. The third-order valence-electron chi connectivity index (χ3n) is 0.471. The van der Waals surface area contributed by atoms with E-state index in [2.05, 4.69) is 20.1 Å². The molecular weight excluding hydrogens is 128 g/mol. The number of aliphatic hydroxyl groups is 1. The van der Waals surface area contributed by atoms with Crippen LogP contribution in [-0.2, 0) is 4.74 Å². The first-order valence-corrected chi connectivity index (χ1v) is 3.03. The predicted molar refractivity (Wildman–Crippen MR) is 43.7 cm³/mol. The van der Waals surface area contributed by atoms with Crippen LogP contribution in [0.1, 0.15) is 0 Å². The van der Waals surface area contributed by atoms with Gasteiger partial charge in [0.1, 0.15) is 0 Å². The van der Waals surface area contributed by atoms with Crippen molar-refractivity contribution in [2.24, 2.45) is 0 Å². The molecule has 0 aromatic carbocycles. The second-order valence-corrected chi connectivity index (χ2v) is 1.34. The Bertz CT molecular complexity index is 61.7. The Morgan fingerprint density at radius 2 is 1.50 bits per heavy atom. The molecule has 0 fully saturated rings. The predicted octanol–water partition coefficient (Wildman–Crippen LogP) is 1.19. The zero-order valence-corrected chi connectivity index (χ0v) is 6.25. The molecule has 0 aliphatic rings. The summed E-state index contributed by atoms with van der Waals surface area (Å²) in [5, 5.41) is 7.46. The van der Waals surface area contributed by atoms with Gasteiger partial charge in [0.05, 0.1) is 13.2 Å². The first-order chi connectivity index (χ1) is 4.83. The highest BCUT2D eigenvalue weighted by Crippen LogP contribution is 1.72. The summed E-state index contributed by atoms with van der Waals surface area (Å²) >= 11 is 0. The highest BCUT2D eigenvalue weighted by molar-refractivity contribution is 4.68. The smallest absolute Gasteiger partial charge is 0.0649 e. The summed E-state index contributed by atoms with van der Waals surface area (Å²) < 4.78 is 4.90. The Balaban J connectivity index is 0. The van der Waals surface area contributed by atoms with Crippen molar-refractivity contribution in [3.05, 3.63) is 32.2 Å². The van der Waals surface area contributed by atoms with Crippen molar-refractivity contribution in [1.29, 1.82) is 0 Å². The van der Waals surface area contributed by atoms with Gasteiger partial charge in [0.2, 0.25) is 0 Å². The largest absolute Gasteiger partial charge is 0.396 e. The number of aliphatic hydroxyl groups excluding tert-OH is 1. The van der Waals surface area contributed by atoms with Gasteiger partial charge in [0.15, 0.2) is 0 Å². The van der Waals surface area contributed by atoms with Crippen molar-refractivity contribution >= 4 is 0 Å². The minimum Gasteiger partial charge on any atom is -0.396 e. The minimum absolute atomic E-state index is 0. The summed E-state index contributed by atoms with van der Waals surface area (Å²) in [4.78, 5) is 0. The van der Waals surface area contributed by atoms with Crippen LogP contribution in [0.3, 0.4) is 0 Å². The van der Waals surface area contributed by atoms with Crippen LogP contribution in [0, 0.1) is 6.92 Å². The van der Waals surface area contributed by atoms with Gasteiger partial charge in [-0.1, -0.05) is 12.2 Å². The van der Waals surface area contributed by atoms with Crippen molar-refractivity contribution in [2.45, 2.75) is 0 Å². The van der Waals surface area contributed by atoms with Gasteiger partial charge < -0.3 is 9.84 Å². The van der Waals surface area contributed by atoms with Crippen LogP contribution in [-0.4, -0.2) is 24.9 Å². The first kappa shape index (κ1) is 12.1. The zero-order chi connectivity index (χ0) is 8.24. The Labute approximate surface area is 62.8 Å². The Kier molecular flexibility index (Phi) is 19.1. The van der Waals surface area contributed by atoms with Gasteiger partial charge in [-0.05, 0) is 6.92 Å². The number of hydrogen-bond donors (Lipinski definition) is 1. The van der Waals surface area contributed by atoms with E-state index < -0.39 is 0 Å². The maximum absolute atomic E-state index is 7.46. The van der Waals surface area contributed by atoms with E-state index in [-0.39, 0.29) is 6.61 Å². The molecule has 0 heterocycles. The van der Waals surface area contributed by atoms with Crippen molar-refractivity contribution < 1.29 is 9.84 Å². The summed E-state index contributed by atoms with van der Waals surface area (Å²) in [6, 6.07) is 0. The lowest BCUT2D eigenvalue weighted by Crippen LogP contribution is -1.87. The monoisotopic (exact) mass is 143 g/mol. The van der Waals surface area contributed by atoms with Gasteiger partial charge in [0.25, 0.3) is 0 Å². The maximum Gasteiger partial charge on any atom is 0.0649 e. The molecule has 0 rings (SSSR count). The second kappa shape index (κ2) is 15.8. The molecule has 0 amide bonds. The fourth-order valence-corrected chi connectivity index (χ4v) is 0.235. The molecule has 1 radical (unpaired) electrons. The van der Waals surface area contributed by atoms with Crippen LogP contribution in [0.25, 0.3) is 0 Å².